The van der Waals surface area contributed by atoms with E-state index in [1.54, 1.807) is 0 Å². The summed E-state index contributed by atoms with van der Waals surface area (Å²) in [5.41, 5.74) is 0. The number of hydrogen-bond donors (Lipinski definition) is 0. The van der Waals surface area contributed by atoms with Gasteiger partial charge < -0.3 is 0 Å². The zero-order valence-electron chi connectivity index (χ0n) is 16.7. The van der Waals surface area contributed by atoms with Crippen LogP contribution in [0.4, 0.5) is 0 Å². The zero-order valence-corrected chi connectivity index (χ0v) is 23.3. The van der Waals surface area contributed by atoms with Crippen LogP contribution in [0.25, 0.3) is 0 Å². The van der Waals surface area contributed by atoms with Crippen molar-refractivity contribution in [2.45, 2.75) is 0 Å². The van der Waals surface area contributed by atoms with Crippen LogP contribution in [-0.4, -0.2) is 81.3 Å². The first-order chi connectivity index (χ1) is 16.8. The first-order valence-electron chi connectivity index (χ1n) is 9.32. The molecule has 5 heterocycles. The monoisotopic (exact) mass is 692 g/mol. The number of furan rings is 3. The van der Waals surface area contributed by atoms with Crippen molar-refractivity contribution in [1.29, 1.82) is 0 Å². The molecule has 0 saturated heterocycles. The van der Waals surface area contributed by atoms with Gasteiger partial charge in [0.1, 0.15) is 0 Å². The van der Waals surface area contributed by atoms with E-state index in [4.69, 9.17) is 30.4 Å². The second-order valence-corrected chi connectivity index (χ2v) is 13.8. The Morgan fingerprint density at radius 3 is 1.14 bits per heavy atom. The molecule has 0 radical (unpaired) electrons. The van der Waals surface area contributed by atoms with Crippen LogP contribution in [0.3, 0.4) is 0 Å². The normalized spacial score (nSPS) is 15.0. The van der Waals surface area contributed by atoms with Crippen LogP contribution < -0.4 is 0 Å². The number of carbonyl (C=O) groups excluding carboxylic acids is 6. The van der Waals surface area contributed by atoms with Crippen LogP contribution in [0.15, 0.2) is 49.6 Å². The molecule has 0 aliphatic carbocycles. The maximum atomic E-state index is 12.4. The van der Waals surface area contributed by atoms with Gasteiger partial charge in [-0.1, -0.05) is 0 Å². The fourth-order valence-corrected chi connectivity index (χ4v) is 8.50. The van der Waals surface area contributed by atoms with Gasteiger partial charge in [-0.2, -0.15) is 0 Å². The second-order valence-electron chi connectivity index (χ2n) is 6.50. The summed E-state index contributed by atoms with van der Waals surface area (Å²) < 4.78 is 44.6. The van der Waals surface area contributed by atoms with Crippen molar-refractivity contribution in [1.82, 2.24) is 0 Å². The van der Waals surface area contributed by atoms with Crippen LogP contribution >= 0.6 is 0 Å². The van der Waals surface area contributed by atoms with Gasteiger partial charge in [0.25, 0.3) is 0 Å². The fourth-order valence-electron chi connectivity index (χ4n) is 2.69. The van der Waals surface area contributed by atoms with E-state index in [0.717, 1.165) is 12.1 Å². The van der Waals surface area contributed by atoms with E-state index in [9.17, 15) is 28.8 Å². The van der Waals surface area contributed by atoms with Crippen molar-refractivity contribution in [3.8, 4) is 0 Å². The molecule has 35 heavy (non-hydrogen) atoms. The van der Waals surface area contributed by atoms with Crippen LogP contribution in [-0.2, 0) is 17.1 Å². The molecular weight excluding hydrogens is 686 g/mol. The van der Waals surface area contributed by atoms with E-state index in [0.29, 0.717) is 0 Å². The minimum atomic E-state index is -4.48. The third-order valence-corrected chi connectivity index (χ3v) is 11.2. The quantitative estimate of drug-likeness (QED) is 0.372. The third kappa shape index (κ3) is 4.81. The SMILES string of the molecule is O=C([O][In]1[O]C(=O)c2ccc(o2)C(=O)[O]1)c1ccc(C(=O)[O][In]2[O]C(=O)c3ccc(o3)C(=O)[O]2)o1. The number of fused-ring (bicyclic) bond motifs is 4. The van der Waals surface area contributed by atoms with Crippen LogP contribution in [0.2, 0.25) is 0 Å². The summed E-state index contributed by atoms with van der Waals surface area (Å²) in [5, 5.41) is 0. The van der Waals surface area contributed by atoms with Gasteiger partial charge in [-0.15, -0.1) is 0 Å². The Balaban J connectivity index is 1.23. The molecule has 0 aromatic carbocycles. The summed E-state index contributed by atoms with van der Waals surface area (Å²) in [5.74, 6) is -8.46. The number of rotatable bonds is 4. The summed E-state index contributed by atoms with van der Waals surface area (Å²) in [6.45, 7) is 0. The predicted octanol–water partition coefficient (Wildman–Crippen LogP) is 0.804. The molecular formula is C18H6In2O15. The summed E-state index contributed by atoms with van der Waals surface area (Å²) in [6, 6.07) is 6.85. The molecule has 0 fully saturated rings. The first-order valence-corrected chi connectivity index (χ1v) is 17.4. The van der Waals surface area contributed by atoms with Crippen molar-refractivity contribution in [3.63, 3.8) is 0 Å². The van der Waals surface area contributed by atoms with E-state index in [-0.39, 0.29) is 23.0 Å². The van der Waals surface area contributed by atoms with Gasteiger partial charge in [0.2, 0.25) is 0 Å². The van der Waals surface area contributed by atoms with Gasteiger partial charge in [-0.05, 0) is 0 Å². The molecule has 17 heteroatoms. The Hall–Kier alpha value is -3.60. The molecule has 4 bridgehead atoms. The molecule has 0 unspecified atom stereocenters. The van der Waals surface area contributed by atoms with E-state index >= 15 is 0 Å². The molecule has 3 aromatic rings. The topological polar surface area (TPSA) is 197 Å². The van der Waals surface area contributed by atoms with Gasteiger partial charge in [-0.25, -0.2) is 0 Å². The Morgan fingerprint density at radius 1 is 0.514 bits per heavy atom. The molecule has 3 aromatic heterocycles. The Kier molecular flexibility index (Phi) is 6.10. The van der Waals surface area contributed by atoms with Crippen molar-refractivity contribution in [3.05, 3.63) is 71.0 Å². The van der Waals surface area contributed by atoms with Gasteiger partial charge in [0.15, 0.2) is 0 Å². The number of carbonyl (C=O) groups is 6. The van der Waals surface area contributed by atoms with E-state index in [1.807, 2.05) is 0 Å². The van der Waals surface area contributed by atoms with Crippen molar-refractivity contribution in [2.24, 2.45) is 0 Å². The summed E-state index contributed by atoms with van der Waals surface area (Å²) in [4.78, 5) is 72.5. The van der Waals surface area contributed by atoms with E-state index in [1.165, 1.54) is 24.3 Å². The molecule has 0 spiro atoms. The van der Waals surface area contributed by atoms with Gasteiger partial charge >= 0.3 is 211 Å². The number of hydrogen-bond acceptors (Lipinski definition) is 15. The average Bonchev–Trinajstić information content (AvgIpc) is 3.58. The molecule has 2 aliphatic rings. The molecule has 5 rings (SSSR count). The molecule has 174 valence electrons. The average molecular weight is 692 g/mol. The van der Waals surface area contributed by atoms with Crippen molar-refractivity contribution in [2.75, 3.05) is 0 Å². The van der Waals surface area contributed by atoms with Crippen LogP contribution in [0.1, 0.15) is 63.3 Å². The minimum absolute atomic E-state index is 0.272. The predicted molar refractivity (Wildman–Crippen MR) is 100 cm³/mol. The van der Waals surface area contributed by atoms with Crippen LogP contribution in [0.5, 0.6) is 0 Å². The maximum absolute atomic E-state index is 12.4. The third-order valence-electron chi connectivity index (χ3n) is 4.24. The van der Waals surface area contributed by atoms with Crippen molar-refractivity contribution < 1.29 is 59.1 Å². The van der Waals surface area contributed by atoms with E-state index < -0.39 is 92.8 Å². The second kappa shape index (κ2) is 9.21. The summed E-state index contributed by atoms with van der Waals surface area (Å²) >= 11 is -8.97. The Bertz CT molecular complexity index is 1230. The molecule has 0 amide bonds. The Morgan fingerprint density at radius 2 is 0.829 bits per heavy atom. The van der Waals surface area contributed by atoms with Gasteiger partial charge in [0, 0.05) is 0 Å². The van der Waals surface area contributed by atoms with Crippen LogP contribution in [0, 0.1) is 0 Å². The van der Waals surface area contributed by atoms with Gasteiger partial charge in [-0.3, -0.25) is 0 Å². The zero-order chi connectivity index (χ0) is 24.7. The molecule has 0 saturated carbocycles. The van der Waals surface area contributed by atoms with Gasteiger partial charge in [0.05, 0.1) is 0 Å². The first kappa shape index (κ1) is 23.2. The van der Waals surface area contributed by atoms with E-state index in [2.05, 4.69) is 0 Å². The molecule has 15 nitrogen and oxygen atoms in total. The molecule has 0 atom stereocenters. The molecule has 0 N–H and O–H groups in total. The summed E-state index contributed by atoms with van der Waals surface area (Å²) in [6.07, 6.45) is 0. The summed E-state index contributed by atoms with van der Waals surface area (Å²) in [7, 11) is 0. The standard InChI is InChI=1S/3C6H4O5.2In/c3*7-5(8)3-1-2-4(11-3)6(9)10;;/h3*1-2H,(H,7,8)(H,9,10);;/q;;;2*+3/p-6. The Labute approximate surface area is 210 Å². The van der Waals surface area contributed by atoms with Crippen molar-refractivity contribution >= 4 is 81.3 Å². The molecule has 2 aliphatic heterocycles. The fraction of sp³-hybridized carbons (Fsp3) is 0.